The van der Waals surface area contributed by atoms with Gasteiger partial charge in [-0.25, -0.2) is 0 Å². The van der Waals surface area contributed by atoms with Crippen molar-refractivity contribution in [1.29, 1.82) is 0 Å². The Morgan fingerprint density at radius 2 is 2.24 bits per heavy atom. The minimum atomic E-state index is -0.192. The molecule has 0 radical (unpaired) electrons. The molecule has 17 heavy (non-hydrogen) atoms. The zero-order valence-electron chi connectivity index (χ0n) is 11.2. The van der Waals surface area contributed by atoms with Crippen molar-refractivity contribution in [2.24, 2.45) is 0 Å². The molecule has 0 aromatic rings. The molecule has 1 aliphatic heterocycles. The number of nitrogens with one attached hydrogen (secondary N) is 2. The number of nitrogens with zero attached hydrogens (tertiary/aromatic N) is 1. The number of ether oxygens (including phenoxy) is 1. The summed E-state index contributed by atoms with van der Waals surface area (Å²) in [6.07, 6.45) is 0. The van der Waals surface area contributed by atoms with E-state index in [1.165, 1.54) is 0 Å². The molecular weight excluding hydrogens is 218 g/mol. The second-order valence-electron chi connectivity index (χ2n) is 4.48. The first-order chi connectivity index (χ1) is 8.17. The van der Waals surface area contributed by atoms with Crippen LogP contribution in [0.2, 0.25) is 0 Å². The molecule has 1 heterocycles. The topological polar surface area (TPSA) is 53.6 Å². The summed E-state index contributed by atoms with van der Waals surface area (Å²) >= 11 is 0. The van der Waals surface area contributed by atoms with Gasteiger partial charge in [0.1, 0.15) is 6.04 Å². The van der Waals surface area contributed by atoms with Crippen molar-refractivity contribution in [1.82, 2.24) is 15.5 Å². The number of amides is 1. The predicted molar refractivity (Wildman–Crippen MR) is 68.0 cm³/mol. The Hall–Kier alpha value is -0.650. The number of hydrogen-bond donors (Lipinski definition) is 2. The van der Waals surface area contributed by atoms with Crippen LogP contribution >= 0.6 is 0 Å². The average molecular weight is 243 g/mol. The summed E-state index contributed by atoms with van der Waals surface area (Å²) < 4.78 is 5.27. The minimum Gasteiger partial charge on any atom is -0.378 e. The highest BCUT2D eigenvalue weighted by atomic mass is 16.5. The summed E-state index contributed by atoms with van der Waals surface area (Å²) in [6.45, 7) is 11.2. The first-order valence-electron chi connectivity index (χ1n) is 6.51. The number of rotatable bonds is 6. The lowest BCUT2D eigenvalue weighted by molar-refractivity contribution is -0.126. The van der Waals surface area contributed by atoms with Crippen LogP contribution in [0.1, 0.15) is 20.8 Å². The van der Waals surface area contributed by atoms with Crippen molar-refractivity contribution in [2.75, 3.05) is 39.4 Å². The molecule has 0 bridgehead atoms. The molecule has 1 fully saturated rings. The lowest BCUT2D eigenvalue weighted by atomic mass is 10.2. The quantitative estimate of drug-likeness (QED) is 0.679. The van der Waals surface area contributed by atoms with Gasteiger partial charge in [-0.2, -0.15) is 0 Å². The van der Waals surface area contributed by atoms with E-state index in [4.69, 9.17) is 4.74 Å². The SMILES string of the molecule is CCN(CC)CC(C)NC(=O)C1COCCN1. The van der Waals surface area contributed by atoms with E-state index in [2.05, 4.69) is 29.4 Å². The number of morpholine rings is 1. The van der Waals surface area contributed by atoms with Gasteiger partial charge in [0.2, 0.25) is 5.91 Å². The third kappa shape index (κ3) is 5.02. The van der Waals surface area contributed by atoms with Crippen molar-refractivity contribution in [2.45, 2.75) is 32.9 Å². The van der Waals surface area contributed by atoms with Gasteiger partial charge < -0.3 is 20.3 Å². The molecule has 0 spiro atoms. The second-order valence-corrected chi connectivity index (χ2v) is 4.48. The Balaban J connectivity index is 2.29. The zero-order valence-corrected chi connectivity index (χ0v) is 11.2. The highest BCUT2D eigenvalue weighted by molar-refractivity contribution is 5.82. The van der Waals surface area contributed by atoms with Crippen LogP contribution in [-0.2, 0) is 9.53 Å². The number of carbonyl (C=O) groups excluding carboxylic acids is 1. The molecule has 5 heteroatoms. The van der Waals surface area contributed by atoms with Crippen LogP contribution in [0.25, 0.3) is 0 Å². The monoisotopic (exact) mass is 243 g/mol. The average Bonchev–Trinajstić information content (AvgIpc) is 2.37. The molecule has 0 aromatic heterocycles. The fraction of sp³-hybridized carbons (Fsp3) is 0.917. The number of carbonyl (C=O) groups is 1. The van der Waals surface area contributed by atoms with E-state index in [0.717, 1.165) is 26.2 Å². The molecule has 1 saturated heterocycles. The van der Waals surface area contributed by atoms with Gasteiger partial charge in [-0.3, -0.25) is 4.79 Å². The smallest absolute Gasteiger partial charge is 0.239 e. The Morgan fingerprint density at radius 3 is 2.76 bits per heavy atom. The molecular formula is C12H25N3O2. The standard InChI is InChI=1S/C12H25N3O2/c1-4-15(5-2)8-10(3)14-12(16)11-9-17-7-6-13-11/h10-11,13H,4-9H2,1-3H3,(H,14,16). The van der Waals surface area contributed by atoms with Crippen molar-refractivity contribution in [3.63, 3.8) is 0 Å². The van der Waals surface area contributed by atoms with E-state index >= 15 is 0 Å². The van der Waals surface area contributed by atoms with Gasteiger partial charge in [-0.15, -0.1) is 0 Å². The maximum atomic E-state index is 11.9. The van der Waals surface area contributed by atoms with E-state index in [1.807, 2.05) is 6.92 Å². The van der Waals surface area contributed by atoms with Crippen LogP contribution in [0.15, 0.2) is 0 Å². The van der Waals surface area contributed by atoms with Crippen LogP contribution in [0.4, 0.5) is 0 Å². The third-order valence-corrected chi connectivity index (χ3v) is 3.05. The van der Waals surface area contributed by atoms with Gasteiger partial charge in [0, 0.05) is 19.1 Å². The van der Waals surface area contributed by atoms with Gasteiger partial charge in [0.25, 0.3) is 0 Å². The van der Waals surface area contributed by atoms with Crippen LogP contribution < -0.4 is 10.6 Å². The van der Waals surface area contributed by atoms with E-state index in [1.54, 1.807) is 0 Å². The molecule has 2 unspecified atom stereocenters. The maximum absolute atomic E-state index is 11.9. The molecule has 1 rings (SSSR count). The third-order valence-electron chi connectivity index (χ3n) is 3.05. The normalized spacial score (nSPS) is 22.5. The molecule has 0 aliphatic carbocycles. The molecule has 1 amide bonds. The molecule has 2 N–H and O–H groups in total. The van der Waals surface area contributed by atoms with Crippen molar-refractivity contribution < 1.29 is 9.53 Å². The first kappa shape index (κ1) is 14.4. The van der Waals surface area contributed by atoms with E-state index in [9.17, 15) is 4.79 Å². The summed E-state index contributed by atoms with van der Waals surface area (Å²) in [6, 6.07) is -0.0194. The van der Waals surface area contributed by atoms with Crippen LogP contribution in [0.3, 0.4) is 0 Å². The summed E-state index contributed by atoms with van der Waals surface area (Å²) in [7, 11) is 0. The van der Waals surface area contributed by atoms with E-state index in [0.29, 0.717) is 13.2 Å². The van der Waals surface area contributed by atoms with Crippen LogP contribution in [0.5, 0.6) is 0 Å². The lowest BCUT2D eigenvalue weighted by Gasteiger charge is -2.27. The molecule has 2 atom stereocenters. The largest absolute Gasteiger partial charge is 0.378 e. The second kappa shape index (κ2) is 7.63. The highest BCUT2D eigenvalue weighted by Gasteiger charge is 2.22. The molecule has 5 nitrogen and oxygen atoms in total. The minimum absolute atomic E-state index is 0.0457. The zero-order chi connectivity index (χ0) is 12.7. The Morgan fingerprint density at radius 1 is 1.53 bits per heavy atom. The van der Waals surface area contributed by atoms with Gasteiger partial charge in [0.05, 0.1) is 13.2 Å². The lowest BCUT2D eigenvalue weighted by Crippen LogP contribution is -2.54. The Kier molecular flexibility index (Phi) is 6.47. The molecule has 0 saturated carbocycles. The maximum Gasteiger partial charge on any atom is 0.239 e. The number of likely N-dealkylation sites (N-methyl/N-ethyl adjacent to an activating group) is 1. The van der Waals surface area contributed by atoms with Gasteiger partial charge in [-0.05, 0) is 20.0 Å². The number of hydrogen-bond acceptors (Lipinski definition) is 4. The molecule has 100 valence electrons. The van der Waals surface area contributed by atoms with Gasteiger partial charge in [0.15, 0.2) is 0 Å². The highest BCUT2D eigenvalue weighted by Crippen LogP contribution is 1.96. The summed E-state index contributed by atoms with van der Waals surface area (Å²) in [5.41, 5.74) is 0. The van der Waals surface area contributed by atoms with Gasteiger partial charge in [-0.1, -0.05) is 13.8 Å². The van der Waals surface area contributed by atoms with Gasteiger partial charge >= 0.3 is 0 Å². The summed E-state index contributed by atoms with van der Waals surface area (Å²) in [5, 5.41) is 6.18. The summed E-state index contributed by atoms with van der Waals surface area (Å²) in [4.78, 5) is 14.2. The van der Waals surface area contributed by atoms with Crippen LogP contribution in [0, 0.1) is 0 Å². The van der Waals surface area contributed by atoms with E-state index in [-0.39, 0.29) is 18.0 Å². The predicted octanol–water partition coefficient (Wildman–Crippen LogP) is -0.179. The fourth-order valence-corrected chi connectivity index (χ4v) is 1.99. The summed E-state index contributed by atoms with van der Waals surface area (Å²) in [5.74, 6) is 0.0457. The van der Waals surface area contributed by atoms with Crippen molar-refractivity contribution in [3.8, 4) is 0 Å². The molecule has 0 aromatic carbocycles. The Labute approximate surface area is 104 Å². The van der Waals surface area contributed by atoms with Crippen LogP contribution in [-0.4, -0.2) is 62.3 Å². The fourth-order valence-electron chi connectivity index (χ4n) is 1.99. The van der Waals surface area contributed by atoms with Crippen molar-refractivity contribution >= 4 is 5.91 Å². The van der Waals surface area contributed by atoms with Crippen molar-refractivity contribution in [3.05, 3.63) is 0 Å². The molecule has 1 aliphatic rings. The van der Waals surface area contributed by atoms with E-state index < -0.39 is 0 Å². The Bertz CT molecular complexity index is 226. The first-order valence-corrected chi connectivity index (χ1v) is 6.51.